The van der Waals surface area contributed by atoms with E-state index in [-0.39, 0.29) is 35.7 Å². The molecule has 1 amide bonds. The van der Waals surface area contributed by atoms with Crippen LogP contribution in [0.2, 0.25) is 0 Å². The number of hydrogen-bond acceptors (Lipinski definition) is 3. The molecule has 2 rings (SSSR count). The SMILES string of the molecule is CC(COc1ccc(C(C)(C)C)cc1)NC(=O)C1CNC1.Cl. The van der Waals surface area contributed by atoms with Crippen LogP contribution in [0.3, 0.4) is 0 Å². The van der Waals surface area contributed by atoms with Crippen LogP contribution < -0.4 is 15.4 Å². The van der Waals surface area contributed by atoms with Crippen molar-refractivity contribution in [1.82, 2.24) is 10.6 Å². The summed E-state index contributed by atoms with van der Waals surface area (Å²) in [6.07, 6.45) is 0. The molecular formula is C17H27ClN2O2. The second-order valence-corrected chi connectivity index (χ2v) is 6.85. The van der Waals surface area contributed by atoms with Gasteiger partial charge in [-0.05, 0) is 30.0 Å². The van der Waals surface area contributed by atoms with E-state index in [0.29, 0.717) is 6.61 Å². The predicted octanol–water partition coefficient (Wildman–Crippen LogP) is 2.51. The molecule has 1 saturated heterocycles. The van der Waals surface area contributed by atoms with Crippen molar-refractivity contribution in [2.75, 3.05) is 19.7 Å². The van der Waals surface area contributed by atoms with Crippen molar-refractivity contribution in [3.05, 3.63) is 29.8 Å². The standard InChI is InChI=1S/C17H26N2O2.ClH/c1-12(19-16(20)13-9-18-10-13)11-21-15-7-5-14(6-8-15)17(2,3)4;/h5-8,12-13,18H,9-11H2,1-4H3,(H,19,20);1H. The smallest absolute Gasteiger partial charge is 0.226 e. The molecule has 0 radical (unpaired) electrons. The highest BCUT2D eigenvalue weighted by Gasteiger charge is 2.25. The van der Waals surface area contributed by atoms with E-state index in [1.165, 1.54) is 5.56 Å². The molecule has 22 heavy (non-hydrogen) atoms. The maximum absolute atomic E-state index is 11.8. The molecule has 2 N–H and O–H groups in total. The van der Waals surface area contributed by atoms with Crippen molar-refractivity contribution in [3.8, 4) is 5.75 Å². The van der Waals surface area contributed by atoms with Crippen molar-refractivity contribution < 1.29 is 9.53 Å². The molecule has 1 atom stereocenters. The van der Waals surface area contributed by atoms with Crippen LogP contribution in [-0.4, -0.2) is 31.6 Å². The van der Waals surface area contributed by atoms with E-state index < -0.39 is 0 Å². The zero-order valence-corrected chi connectivity index (χ0v) is 14.6. The van der Waals surface area contributed by atoms with Gasteiger partial charge in [0.2, 0.25) is 5.91 Å². The first kappa shape index (κ1) is 18.8. The molecule has 5 heteroatoms. The molecule has 1 fully saturated rings. The highest BCUT2D eigenvalue weighted by atomic mass is 35.5. The van der Waals surface area contributed by atoms with Crippen LogP contribution in [0.1, 0.15) is 33.3 Å². The molecule has 0 saturated carbocycles. The summed E-state index contributed by atoms with van der Waals surface area (Å²) >= 11 is 0. The van der Waals surface area contributed by atoms with E-state index >= 15 is 0 Å². The third kappa shape index (κ3) is 5.18. The fraction of sp³-hybridized carbons (Fsp3) is 0.588. The normalized spacial score (nSPS) is 16.2. The lowest BCUT2D eigenvalue weighted by atomic mass is 9.87. The number of hydrogen-bond donors (Lipinski definition) is 2. The van der Waals surface area contributed by atoms with Gasteiger partial charge < -0.3 is 15.4 Å². The molecule has 1 unspecified atom stereocenters. The number of ether oxygens (including phenoxy) is 1. The minimum Gasteiger partial charge on any atom is -0.491 e. The fourth-order valence-electron chi connectivity index (χ4n) is 2.15. The largest absolute Gasteiger partial charge is 0.491 e. The van der Waals surface area contributed by atoms with Crippen LogP contribution >= 0.6 is 12.4 Å². The monoisotopic (exact) mass is 326 g/mol. The number of amides is 1. The Morgan fingerprint density at radius 3 is 2.36 bits per heavy atom. The summed E-state index contributed by atoms with van der Waals surface area (Å²) in [7, 11) is 0. The molecule has 0 aromatic heterocycles. The number of benzene rings is 1. The average molecular weight is 327 g/mol. The van der Waals surface area contributed by atoms with Crippen LogP contribution in [0.15, 0.2) is 24.3 Å². The fourth-order valence-corrected chi connectivity index (χ4v) is 2.15. The zero-order chi connectivity index (χ0) is 15.5. The first-order valence-corrected chi connectivity index (χ1v) is 7.60. The maximum atomic E-state index is 11.8. The summed E-state index contributed by atoms with van der Waals surface area (Å²) in [5.74, 6) is 1.08. The van der Waals surface area contributed by atoms with Crippen LogP contribution in [0, 0.1) is 5.92 Å². The number of nitrogens with one attached hydrogen (secondary N) is 2. The van der Waals surface area contributed by atoms with Gasteiger partial charge in [0, 0.05) is 13.1 Å². The number of carbonyl (C=O) groups excluding carboxylic acids is 1. The highest BCUT2D eigenvalue weighted by Crippen LogP contribution is 2.24. The lowest BCUT2D eigenvalue weighted by Crippen LogP contribution is -2.53. The molecule has 0 spiro atoms. The Kier molecular flexibility index (Phi) is 6.69. The summed E-state index contributed by atoms with van der Waals surface area (Å²) in [4.78, 5) is 11.8. The van der Waals surface area contributed by atoms with Crippen molar-refractivity contribution in [2.45, 2.75) is 39.2 Å². The molecule has 1 heterocycles. The Morgan fingerprint density at radius 1 is 1.32 bits per heavy atom. The van der Waals surface area contributed by atoms with Crippen molar-refractivity contribution in [3.63, 3.8) is 0 Å². The summed E-state index contributed by atoms with van der Waals surface area (Å²) < 4.78 is 5.74. The van der Waals surface area contributed by atoms with E-state index in [0.717, 1.165) is 18.8 Å². The Hall–Kier alpha value is -1.26. The van der Waals surface area contributed by atoms with Gasteiger partial charge >= 0.3 is 0 Å². The van der Waals surface area contributed by atoms with Gasteiger partial charge in [0.15, 0.2) is 0 Å². The number of carbonyl (C=O) groups is 1. The first-order valence-electron chi connectivity index (χ1n) is 7.60. The van der Waals surface area contributed by atoms with Crippen molar-refractivity contribution in [1.29, 1.82) is 0 Å². The number of halogens is 1. The quantitative estimate of drug-likeness (QED) is 0.874. The van der Waals surface area contributed by atoms with Gasteiger partial charge in [-0.2, -0.15) is 0 Å². The second-order valence-electron chi connectivity index (χ2n) is 6.85. The molecule has 1 aromatic rings. The molecule has 1 aliphatic rings. The summed E-state index contributed by atoms with van der Waals surface area (Å²) in [5.41, 5.74) is 1.44. The summed E-state index contributed by atoms with van der Waals surface area (Å²) in [5, 5.41) is 6.08. The molecule has 1 aromatic carbocycles. The van der Waals surface area contributed by atoms with Crippen molar-refractivity contribution >= 4 is 18.3 Å². The van der Waals surface area contributed by atoms with Crippen LogP contribution in [0.25, 0.3) is 0 Å². The Morgan fingerprint density at radius 2 is 1.91 bits per heavy atom. The minimum absolute atomic E-state index is 0. The van der Waals surface area contributed by atoms with Crippen LogP contribution in [0.5, 0.6) is 5.75 Å². The van der Waals surface area contributed by atoms with Gasteiger partial charge in [0.25, 0.3) is 0 Å². The Labute approximate surface area is 139 Å². The van der Waals surface area contributed by atoms with E-state index in [1.807, 2.05) is 19.1 Å². The molecule has 4 nitrogen and oxygen atoms in total. The van der Waals surface area contributed by atoms with Gasteiger partial charge in [-0.1, -0.05) is 32.9 Å². The van der Waals surface area contributed by atoms with E-state index in [9.17, 15) is 4.79 Å². The van der Waals surface area contributed by atoms with E-state index in [1.54, 1.807) is 0 Å². The molecule has 124 valence electrons. The minimum atomic E-state index is 0. The van der Waals surface area contributed by atoms with E-state index in [4.69, 9.17) is 4.74 Å². The van der Waals surface area contributed by atoms with Gasteiger partial charge in [0.1, 0.15) is 12.4 Å². The predicted molar refractivity (Wildman–Crippen MR) is 91.8 cm³/mol. The Bertz CT molecular complexity index is 478. The lowest BCUT2D eigenvalue weighted by Gasteiger charge is -2.27. The first-order chi connectivity index (χ1) is 9.86. The maximum Gasteiger partial charge on any atom is 0.226 e. The van der Waals surface area contributed by atoms with Crippen molar-refractivity contribution in [2.24, 2.45) is 5.92 Å². The van der Waals surface area contributed by atoms with Gasteiger partial charge in [-0.3, -0.25) is 4.79 Å². The molecular weight excluding hydrogens is 300 g/mol. The zero-order valence-electron chi connectivity index (χ0n) is 13.8. The Balaban J connectivity index is 0.00000242. The van der Waals surface area contributed by atoms with Crippen LogP contribution in [0.4, 0.5) is 0 Å². The number of rotatable bonds is 5. The third-order valence-electron chi connectivity index (χ3n) is 3.76. The second kappa shape index (κ2) is 7.84. The molecule has 0 bridgehead atoms. The van der Waals surface area contributed by atoms with Gasteiger partial charge in [0.05, 0.1) is 12.0 Å². The van der Waals surface area contributed by atoms with Gasteiger partial charge in [-0.15, -0.1) is 12.4 Å². The highest BCUT2D eigenvalue weighted by molar-refractivity contribution is 5.85. The average Bonchev–Trinajstić information content (AvgIpc) is 2.33. The lowest BCUT2D eigenvalue weighted by molar-refractivity contribution is -0.127. The summed E-state index contributed by atoms with van der Waals surface area (Å²) in [6, 6.07) is 8.19. The van der Waals surface area contributed by atoms with Crippen LogP contribution in [-0.2, 0) is 10.2 Å². The van der Waals surface area contributed by atoms with E-state index in [2.05, 4.69) is 43.5 Å². The van der Waals surface area contributed by atoms with Gasteiger partial charge in [-0.25, -0.2) is 0 Å². The summed E-state index contributed by atoms with van der Waals surface area (Å²) in [6.45, 7) is 10.6. The third-order valence-corrected chi connectivity index (χ3v) is 3.76. The molecule has 0 aliphatic carbocycles. The topological polar surface area (TPSA) is 50.4 Å². The molecule has 1 aliphatic heterocycles.